The van der Waals surface area contributed by atoms with Crippen LogP contribution in [0.25, 0.3) is 0 Å². The number of hydrogen-bond donors (Lipinski definition) is 0. The zero-order chi connectivity index (χ0) is 14.2. The molecule has 19 heavy (non-hydrogen) atoms. The zero-order valence-electron chi connectivity index (χ0n) is 9.74. The Labute approximate surface area is 129 Å². The first-order chi connectivity index (χ1) is 8.84. The van der Waals surface area contributed by atoms with Crippen LogP contribution >= 0.6 is 39.1 Å². The van der Waals surface area contributed by atoms with Crippen molar-refractivity contribution in [2.75, 3.05) is 13.1 Å². The van der Waals surface area contributed by atoms with Crippen molar-refractivity contribution in [2.45, 2.75) is 22.6 Å². The molecule has 1 aromatic rings. The Morgan fingerprint density at radius 2 is 1.84 bits per heavy atom. The molecule has 0 unspecified atom stereocenters. The molecule has 0 saturated carbocycles. The number of alkyl halides is 1. The lowest BCUT2D eigenvalue weighted by Crippen LogP contribution is -2.38. The number of hydrogen-bond acceptors (Lipinski definition) is 2. The highest BCUT2D eigenvalue weighted by Crippen LogP contribution is 2.32. The van der Waals surface area contributed by atoms with E-state index in [4.69, 9.17) is 23.2 Å². The Balaban J connectivity index is 2.38. The lowest BCUT2D eigenvalue weighted by Gasteiger charge is -2.28. The predicted molar refractivity (Wildman–Crippen MR) is 77.1 cm³/mol. The average molecular weight is 391 g/mol. The summed E-state index contributed by atoms with van der Waals surface area (Å²) >= 11 is 14.8. The first-order valence-corrected chi connectivity index (χ1v) is 8.73. The van der Waals surface area contributed by atoms with Crippen LogP contribution in [0.15, 0.2) is 17.0 Å². The number of sulfonamides is 1. The second kappa shape index (κ2) is 5.85. The van der Waals surface area contributed by atoms with Gasteiger partial charge in [0.1, 0.15) is 4.90 Å². The van der Waals surface area contributed by atoms with Gasteiger partial charge in [0.2, 0.25) is 10.0 Å². The summed E-state index contributed by atoms with van der Waals surface area (Å²) in [7, 11) is -3.77. The van der Waals surface area contributed by atoms with Crippen molar-refractivity contribution in [1.82, 2.24) is 4.31 Å². The summed E-state index contributed by atoms with van der Waals surface area (Å²) < 4.78 is 39.7. The minimum Gasteiger partial charge on any atom is -0.207 e. The fraction of sp³-hybridized carbons (Fsp3) is 0.455. The summed E-state index contributed by atoms with van der Waals surface area (Å²) in [6.07, 6.45) is 1.43. The van der Waals surface area contributed by atoms with E-state index in [0.29, 0.717) is 30.8 Å². The smallest absolute Gasteiger partial charge is 0.207 e. The maximum Gasteiger partial charge on any atom is 0.244 e. The molecule has 2 rings (SSSR count). The van der Waals surface area contributed by atoms with Gasteiger partial charge in [0.15, 0.2) is 5.82 Å². The van der Waals surface area contributed by atoms with Crippen LogP contribution in [-0.4, -0.2) is 30.6 Å². The minimum atomic E-state index is -3.77. The molecule has 1 heterocycles. The maximum atomic E-state index is 13.6. The summed E-state index contributed by atoms with van der Waals surface area (Å²) in [5.74, 6) is -0.903. The van der Waals surface area contributed by atoms with Gasteiger partial charge in [0.25, 0.3) is 0 Å². The molecule has 1 aliphatic rings. The third-order valence-electron chi connectivity index (χ3n) is 3.00. The Hall–Kier alpha value is 0.120. The standard InChI is InChI=1S/C11H11BrCl2FNO2S/c12-7-3-5-16(6-4-7)19(17,18)9-2-1-8(13)11(15)10(9)14/h1-2,7H,3-6H2. The van der Waals surface area contributed by atoms with E-state index >= 15 is 0 Å². The molecule has 0 N–H and O–H groups in total. The van der Waals surface area contributed by atoms with Gasteiger partial charge in [-0.25, -0.2) is 12.8 Å². The van der Waals surface area contributed by atoms with E-state index in [2.05, 4.69) is 15.9 Å². The van der Waals surface area contributed by atoms with Crippen LogP contribution < -0.4 is 0 Å². The zero-order valence-corrected chi connectivity index (χ0v) is 13.7. The van der Waals surface area contributed by atoms with Crippen molar-refractivity contribution in [1.29, 1.82) is 0 Å². The molecule has 0 amide bonds. The van der Waals surface area contributed by atoms with Crippen LogP contribution in [0.1, 0.15) is 12.8 Å². The summed E-state index contributed by atoms with van der Waals surface area (Å²) in [6, 6.07) is 2.44. The largest absolute Gasteiger partial charge is 0.244 e. The monoisotopic (exact) mass is 389 g/mol. The van der Waals surface area contributed by atoms with Gasteiger partial charge in [-0.05, 0) is 25.0 Å². The van der Waals surface area contributed by atoms with Crippen LogP contribution in [0.5, 0.6) is 0 Å². The van der Waals surface area contributed by atoms with Crippen molar-refractivity contribution in [3.63, 3.8) is 0 Å². The Morgan fingerprint density at radius 1 is 1.26 bits per heavy atom. The molecule has 0 bridgehead atoms. The lowest BCUT2D eigenvalue weighted by molar-refractivity contribution is 0.354. The molecule has 1 fully saturated rings. The third-order valence-corrected chi connectivity index (χ3v) is 6.63. The highest BCUT2D eigenvalue weighted by molar-refractivity contribution is 9.09. The Morgan fingerprint density at radius 3 is 2.42 bits per heavy atom. The van der Waals surface area contributed by atoms with Gasteiger partial charge in [-0.1, -0.05) is 39.1 Å². The van der Waals surface area contributed by atoms with Crippen molar-refractivity contribution in [3.05, 3.63) is 28.0 Å². The van der Waals surface area contributed by atoms with E-state index in [0.717, 1.165) is 0 Å². The average Bonchev–Trinajstić information content (AvgIpc) is 2.36. The third kappa shape index (κ3) is 3.08. The molecule has 1 aromatic carbocycles. The first-order valence-electron chi connectivity index (χ1n) is 5.61. The number of halogens is 4. The van der Waals surface area contributed by atoms with E-state index < -0.39 is 20.9 Å². The van der Waals surface area contributed by atoms with Crippen molar-refractivity contribution in [3.8, 4) is 0 Å². The molecule has 0 spiro atoms. The second-order valence-corrected chi connectivity index (χ2v) is 8.24. The Kier molecular flexibility index (Phi) is 4.78. The van der Waals surface area contributed by atoms with Crippen LogP contribution in [0, 0.1) is 5.82 Å². The number of nitrogens with zero attached hydrogens (tertiary/aromatic N) is 1. The maximum absolute atomic E-state index is 13.6. The molecule has 3 nitrogen and oxygen atoms in total. The topological polar surface area (TPSA) is 37.4 Å². The highest BCUT2D eigenvalue weighted by Gasteiger charge is 2.31. The molecule has 0 radical (unpaired) electrons. The quantitative estimate of drug-likeness (QED) is 0.570. The lowest BCUT2D eigenvalue weighted by atomic mass is 10.2. The Bertz CT molecular complexity index is 589. The second-order valence-electron chi connectivity index (χ2n) is 4.25. The molecule has 0 aromatic heterocycles. The molecule has 1 aliphatic heterocycles. The number of rotatable bonds is 2. The van der Waals surface area contributed by atoms with Crippen LogP contribution in [0.4, 0.5) is 4.39 Å². The summed E-state index contributed by atoms with van der Waals surface area (Å²) in [5, 5.41) is -0.642. The van der Waals surface area contributed by atoms with Crippen LogP contribution in [0.2, 0.25) is 10.0 Å². The first kappa shape index (κ1) is 15.5. The summed E-state index contributed by atoms with van der Waals surface area (Å²) in [4.78, 5) is 0.0838. The fourth-order valence-electron chi connectivity index (χ4n) is 1.91. The summed E-state index contributed by atoms with van der Waals surface area (Å²) in [5.41, 5.74) is 0. The minimum absolute atomic E-state index is 0.192. The van der Waals surface area contributed by atoms with E-state index in [9.17, 15) is 12.8 Å². The van der Waals surface area contributed by atoms with E-state index in [1.54, 1.807) is 0 Å². The molecular weight excluding hydrogens is 380 g/mol. The van der Waals surface area contributed by atoms with Gasteiger partial charge in [-0.3, -0.25) is 0 Å². The predicted octanol–water partition coefficient (Wildman–Crippen LogP) is 3.68. The van der Waals surface area contributed by atoms with Gasteiger partial charge in [0.05, 0.1) is 10.0 Å². The van der Waals surface area contributed by atoms with Gasteiger partial charge >= 0.3 is 0 Å². The van der Waals surface area contributed by atoms with Gasteiger partial charge in [-0.15, -0.1) is 0 Å². The summed E-state index contributed by atoms with van der Waals surface area (Å²) in [6.45, 7) is 0.775. The number of benzene rings is 1. The van der Waals surface area contributed by atoms with E-state index in [1.165, 1.54) is 16.4 Å². The molecule has 0 atom stereocenters. The van der Waals surface area contributed by atoms with E-state index in [-0.39, 0.29) is 9.92 Å². The van der Waals surface area contributed by atoms with Crippen LogP contribution in [-0.2, 0) is 10.0 Å². The SMILES string of the molecule is O=S(=O)(c1ccc(Cl)c(F)c1Cl)N1CCC(Br)CC1. The fourth-order valence-corrected chi connectivity index (χ4v) is 4.51. The van der Waals surface area contributed by atoms with E-state index in [1.807, 2.05) is 0 Å². The highest BCUT2D eigenvalue weighted by atomic mass is 79.9. The molecule has 8 heteroatoms. The molecule has 1 saturated heterocycles. The van der Waals surface area contributed by atoms with Crippen molar-refractivity contribution in [2.24, 2.45) is 0 Å². The van der Waals surface area contributed by atoms with Gasteiger partial charge < -0.3 is 0 Å². The normalized spacial score (nSPS) is 18.7. The molecular formula is C11H11BrCl2FNO2S. The molecule has 0 aliphatic carbocycles. The van der Waals surface area contributed by atoms with Crippen molar-refractivity contribution < 1.29 is 12.8 Å². The van der Waals surface area contributed by atoms with Crippen LogP contribution in [0.3, 0.4) is 0 Å². The number of piperidine rings is 1. The van der Waals surface area contributed by atoms with Crippen molar-refractivity contribution >= 4 is 49.2 Å². The molecule has 106 valence electrons. The van der Waals surface area contributed by atoms with Gasteiger partial charge in [-0.2, -0.15) is 4.31 Å². The van der Waals surface area contributed by atoms with Gasteiger partial charge in [0, 0.05) is 17.9 Å².